The molecule has 4 nitrogen and oxygen atoms in total. The Morgan fingerprint density at radius 2 is 2.16 bits per heavy atom. The number of benzene rings is 1. The van der Waals surface area contributed by atoms with Crippen molar-refractivity contribution in [3.05, 3.63) is 30.9 Å². The van der Waals surface area contributed by atoms with E-state index < -0.39 is 0 Å². The van der Waals surface area contributed by atoms with Crippen LogP contribution in [0, 0.1) is 0 Å². The zero-order valence-electron chi connectivity index (χ0n) is 11.3. The molecule has 0 amide bonds. The minimum atomic E-state index is 0.687. The van der Waals surface area contributed by atoms with Gasteiger partial charge in [0.15, 0.2) is 0 Å². The first kappa shape index (κ1) is 13.7. The third kappa shape index (κ3) is 3.89. The van der Waals surface area contributed by atoms with Crippen LogP contribution in [-0.4, -0.2) is 32.9 Å². The summed E-state index contributed by atoms with van der Waals surface area (Å²) in [5.74, 6) is 0.867. The molecule has 2 N–H and O–H groups in total. The second-order valence-corrected chi connectivity index (χ2v) is 4.61. The Bertz CT molecular complexity index is 415. The topological polar surface area (TPSA) is 47.7 Å². The van der Waals surface area contributed by atoms with E-state index in [1.54, 1.807) is 0 Å². The van der Waals surface area contributed by atoms with E-state index in [0.29, 0.717) is 6.61 Å². The number of nitrogens with two attached hydrogens (primary N) is 1. The predicted molar refractivity (Wildman–Crippen MR) is 78.8 cm³/mol. The van der Waals surface area contributed by atoms with Gasteiger partial charge in [-0.1, -0.05) is 6.08 Å². The molecule has 19 heavy (non-hydrogen) atoms. The van der Waals surface area contributed by atoms with Crippen molar-refractivity contribution in [2.24, 2.45) is 0 Å². The van der Waals surface area contributed by atoms with E-state index in [-0.39, 0.29) is 0 Å². The van der Waals surface area contributed by atoms with Gasteiger partial charge in [-0.25, -0.2) is 0 Å². The van der Waals surface area contributed by atoms with Crippen molar-refractivity contribution in [1.82, 2.24) is 0 Å². The largest absolute Gasteiger partial charge is 0.491 e. The molecule has 1 fully saturated rings. The molecule has 2 rings (SSSR count). The SMILES string of the molecule is C=CCCCOc1cc(N)ccc1N1CCOCC1. The third-order valence-electron chi connectivity index (χ3n) is 3.15. The summed E-state index contributed by atoms with van der Waals surface area (Å²) in [6.07, 6.45) is 3.85. The zero-order valence-corrected chi connectivity index (χ0v) is 11.3. The average Bonchev–Trinajstić information content (AvgIpc) is 2.45. The molecule has 1 heterocycles. The van der Waals surface area contributed by atoms with Gasteiger partial charge in [0.2, 0.25) is 0 Å². The van der Waals surface area contributed by atoms with Crippen molar-refractivity contribution in [2.45, 2.75) is 12.8 Å². The van der Waals surface area contributed by atoms with Crippen molar-refractivity contribution in [3.8, 4) is 5.75 Å². The summed E-state index contributed by atoms with van der Waals surface area (Å²) in [5.41, 5.74) is 7.69. The van der Waals surface area contributed by atoms with Crippen molar-refractivity contribution in [2.75, 3.05) is 43.5 Å². The van der Waals surface area contributed by atoms with Crippen LogP contribution in [0.1, 0.15) is 12.8 Å². The number of hydrogen-bond donors (Lipinski definition) is 1. The number of hydrogen-bond acceptors (Lipinski definition) is 4. The fraction of sp³-hybridized carbons (Fsp3) is 0.467. The number of morpholine rings is 1. The van der Waals surface area contributed by atoms with Gasteiger partial charge in [-0.3, -0.25) is 0 Å². The van der Waals surface area contributed by atoms with Crippen LogP contribution < -0.4 is 15.4 Å². The van der Waals surface area contributed by atoms with Gasteiger partial charge in [-0.15, -0.1) is 6.58 Å². The lowest BCUT2D eigenvalue weighted by Crippen LogP contribution is -2.36. The number of allylic oxidation sites excluding steroid dienone is 1. The Hall–Kier alpha value is -1.68. The Balaban J connectivity index is 2.05. The highest BCUT2D eigenvalue weighted by molar-refractivity contribution is 5.64. The van der Waals surface area contributed by atoms with Crippen LogP contribution in [0.25, 0.3) is 0 Å². The standard InChI is InChI=1S/C15H22N2O2/c1-2-3-4-9-19-15-12-13(16)5-6-14(15)17-7-10-18-11-8-17/h2,5-6,12H,1,3-4,7-11,16H2. The highest BCUT2D eigenvalue weighted by Crippen LogP contribution is 2.31. The second kappa shape index (κ2) is 7.04. The normalized spacial score (nSPS) is 15.3. The molecule has 1 saturated heterocycles. The molecule has 0 atom stereocenters. The van der Waals surface area contributed by atoms with E-state index in [0.717, 1.165) is 56.3 Å². The monoisotopic (exact) mass is 262 g/mol. The van der Waals surface area contributed by atoms with Gasteiger partial charge < -0.3 is 20.1 Å². The lowest BCUT2D eigenvalue weighted by Gasteiger charge is -2.30. The van der Waals surface area contributed by atoms with Gasteiger partial charge in [-0.05, 0) is 25.0 Å². The van der Waals surface area contributed by atoms with E-state index in [9.17, 15) is 0 Å². The van der Waals surface area contributed by atoms with Crippen LogP contribution in [0.15, 0.2) is 30.9 Å². The van der Waals surface area contributed by atoms with Crippen LogP contribution in [0.5, 0.6) is 5.75 Å². The molecule has 4 heteroatoms. The first-order valence-electron chi connectivity index (χ1n) is 6.77. The molecular formula is C15H22N2O2. The summed E-state index contributed by atoms with van der Waals surface area (Å²) in [4.78, 5) is 2.28. The second-order valence-electron chi connectivity index (χ2n) is 4.61. The molecule has 0 bridgehead atoms. The van der Waals surface area contributed by atoms with Crippen LogP contribution in [0.4, 0.5) is 11.4 Å². The molecule has 0 spiro atoms. The van der Waals surface area contributed by atoms with E-state index in [2.05, 4.69) is 11.5 Å². The summed E-state index contributed by atoms with van der Waals surface area (Å²) in [7, 11) is 0. The van der Waals surface area contributed by atoms with Crippen molar-refractivity contribution in [1.29, 1.82) is 0 Å². The summed E-state index contributed by atoms with van der Waals surface area (Å²) in [6, 6.07) is 5.85. The maximum absolute atomic E-state index is 5.86. The Kier molecular flexibility index (Phi) is 5.10. The maximum atomic E-state index is 5.86. The van der Waals surface area contributed by atoms with Crippen molar-refractivity contribution in [3.63, 3.8) is 0 Å². The molecule has 0 aromatic heterocycles. The third-order valence-corrected chi connectivity index (χ3v) is 3.15. The van der Waals surface area contributed by atoms with Crippen LogP contribution in [-0.2, 0) is 4.74 Å². The summed E-state index contributed by atoms with van der Waals surface area (Å²) >= 11 is 0. The highest BCUT2D eigenvalue weighted by atomic mass is 16.5. The first-order chi connectivity index (χ1) is 9.31. The number of nitrogen functional groups attached to an aromatic ring is 1. The van der Waals surface area contributed by atoms with Crippen LogP contribution >= 0.6 is 0 Å². The zero-order chi connectivity index (χ0) is 13.5. The molecule has 1 aliphatic heterocycles. The molecule has 1 aromatic carbocycles. The molecule has 0 radical (unpaired) electrons. The van der Waals surface area contributed by atoms with Gasteiger partial charge in [0.05, 0.1) is 25.5 Å². The fourth-order valence-electron chi connectivity index (χ4n) is 2.12. The Morgan fingerprint density at radius 1 is 1.37 bits per heavy atom. The van der Waals surface area contributed by atoms with E-state index in [4.69, 9.17) is 15.2 Å². The number of rotatable bonds is 6. The summed E-state index contributed by atoms with van der Waals surface area (Å²) in [6.45, 7) is 7.72. The van der Waals surface area contributed by atoms with Gasteiger partial charge in [0.1, 0.15) is 5.75 Å². The van der Waals surface area contributed by atoms with E-state index in [1.165, 1.54) is 0 Å². The molecule has 104 valence electrons. The number of ether oxygens (including phenoxy) is 2. The smallest absolute Gasteiger partial charge is 0.144 e. The minimum absolute atomic E-state index is 0.687. The van der Waals surface area contributed by atoms with Gasteiger partial charge in [0, 0.05) is 24.8 Å². The number of unbranched alkanes of at least 4 members (excludes halogenated alkanes) is 1. The average molecular weight is 262 g/mol. The van der Waals surface area contributed by atoms with Crippen molar-refractivity contribution >= 4 is 11.4 Å². The fourth-order valence-corrected chi connectivity index (χ4v) is 2.12. The molecular weight excluding hydrogens is 240 g/mol. The minimum Gasteiger partial charge on any atom is -0.491 e. The summed E-state index contributed by atoms with van der Waals surface area (Å²) in [5, 5.41) is 0. The lowest BCUT2D eigenvalue weighted by molar-refractivity contribution is 0.122. The van der Waals surface area contributed by atoms with Crippen molar-refractivity contribution < 1.29 is 9.47 Å². The number of anilines is 2. The molecule has 0 unspecified atom stereocenters. The highest BCUT2D eigenvalue weighted by Gasteiger charge is 2.15. The lowest BCUT2D eigenvalue weighted by atomic mass is 10.2. The molecule has 0 aliphatic carbocycles. The molecule has 1 aromatic rings. The van der Waals surface area contributed by atoms with Gasteiger partial charge >= 0.3 is 0 Å². The number of nitrogens with zero attached hydrogens (tertiary/aromatic N) is 1. The van der Waals surface area contributed by atoms with E-state index >= 15 is 0 Å². The van der Waals surface area contributed by atoms with Gasteiger partial charge in [0.25, 0.3) is 0 Å². The Morgan fingerprint density at radius 3 is 2.89 bits per heavy atom. The molecule has 1 aliphatic rings. The predicted octanol–water partition coefficient (Wildman–Crippen LogP) is 2.45. The van der Waals surface area contributed by atoms with E-state index in [1.807, 2.05) is 24.3 Å². The van der Waals surface area contributed by atoms with Gasteiger partial charge in [-0.2, -0.15) is 0 Å². The first-order valence-corrected chi connectivity index (χ1v) is 6.77. The van der Waals surface area contributed by atoms with Crippen LogP contribution in [0.2, 0.25) is 0 Å². The maximum Gasteiger partial charge on any atom is 0.144 e. The van der Waals surface area contributed by atoms with Crippen LogP contribution in [0.3, 0.4) is 0 Å². The molecule has 0 saturated carbocycles. The summed E-state index contributed by atoms with van der Waals surface area (Å²) < 4.78 is 11.2. The Labute approximate surface area is 114 Å². The quantitative estimate of drug-likeness (QED) is 0.486.